The van der Waals surface area contributed by atoms with Crippen molar-refractivity contribution in [1.82, 2.24) is 20.2 Å². The maximum atomic E-state index is 14.1. The molecule has 2 heterocycles. The van der Waals surface area contributed by atoms with Gasteiger partial charge < -0.3 is 10.2 Å². The largest absolute Gasteiger partial charge is 0.416 e. The highest BCUT2D eigenvalue weighted by atomic mass is 19.4. The Balaban J connectivity index is 1.43. The van der Waals surface area contributed by atoms with Crippen molar-refractivity contribution in [1.29, 1.82) is 0 Å². The minimum absolute atomic E-state index is 0.0444. The van der Waals surface area contributed by atoms with Crippen LogP contribution in [0.1, 0.15) is 78.4 Å². The van der Waals surface area contributed by atoms with Crippen molar-refractivity contribution < 1.29 is 22.8 Å². The first-order valence-electron chi connectivity index (χ1n) is 13.9. The van der Waals surface area contributed by atoms with Gasteiger partial charge in [0.25, 0.3) is 5.91 Å². The van der Waals surface area contributed by atoms with Crippen LogP contribution in [0.25, 0.3) is 11.3 Å². The van der Waals surface area contributed by atoms with Crippen molar-refractivity contribution in [2.45, 2.75) is 70.1 Å². The highest BCUT2D eigenvalue weighted by Crippen LogP contribution is 2.36. The van der Waals surface area contributed by atoms with Gasteiger partial charge in [-0.3, -0.25) is 9.59 Å². The van der Waals surface area contributed by atoms with E-state index in [0.717, 1.165) is 50.7 Å². The van der Waals surface area contributed by atoms with E-state index >= 15 is 0 Å². The van der Waals surface area contributed by atoms with E-state index in [1.807, 2.05) is 6.07 Å². The number of aromatic nitrogens is 2. The summed E-state index contributed by atoms with van der Waals surface area (Å²) in [7, 11) is 0. The summed E-state index contributed by atoms with van der Waals surface area (Å²) in [5.74, 6) is 0.0638. The lowest BCUT2D eigenvalue weighted by atomic mass is 9.83. The first kappa shape index (κ1) is 27.8. The molecule has 1 aromatic heterocycles. The van der Waals surface area contributed by atoms with Gasteiger partial charge in [-0.05, 0) is 68.9 Å². The number of hydrogen-bond acceptors (Lipinski definition) is 4. The van der Waals surface area contributed by atoms with Gasteiger partial charge in [0.1, 0.15) is 11.9 Å². The molecule has 0 bridgehead atoms. The van der Waals surface area contributed by atoms with Crippen LogP contribution in [0.4, 0.5) is 13.2 Å². The first-order valence-corrected chi connectivity index (χ1v) is 13.9. The summed E-state index contributed by atoms with van der Waals surface area (Å²) in [5, 5.41) is 3.05. The molecular weight excluding hydrogens is 517 g/mol. The zero-order chi connectivity index (χ0) is 28.3. The highest BCUT2D eigenvalue weighted by Gasteiger charge is 2.39. The molecule has 0 radical (unpaired) electrons. The van der Waals surface area contributed by atoms with Crippen LogP contribution in [0.5, 0.6) is 0 Å². The Morgan fingerprint density at radius 1 is 0.925 bits per heavy atom. The standard InChI is InChI=1S/C31H33F3N4O2/c1-20-35-25(23-14-8-15-24(18-23)31(32,33)34)19-26(36-20)27-16-9-17-38(27)30(40)28(21-10-4-2-5-11-21)37-29(39)22-12-6-3-7-13-22/h3,6-8,12-15,18-19,21,27-28H,2,4-5,9-11,16-17H2,1H3,(H,37,39). The van der Waals surface area contributed by atoms with Crippen molar-refractivity contribution in [2.75, 3.05) is 6.54 Å². The Hall–Kier alpha value is -3.75. The summed E-state index contributed by atoms with van der Waals surface area (Å²) in [6, 6.07) is 14.7. The molecule has 1 N–H and O–H groups in total. The van der Waals surface area contributed by atoms with E-state index in [0.29, 0.717) is 41.3 Å². The number of amides is 2. The van der Waals surface area contributed by atoms with E-state index in [9.17, 15) is 22.8 Å². The van der Waals surface area contributed by atoms with E-state index in [1.54, 1.807) is 48.2 Å². The van der Waals surface area contributed by atoms with Crippen molar-refractivity contribution in [3.05, 3.63) is 83.3 Å². The molecule has 5 rings (SSSR count). The molecule has 2 unspecified atom stereocenters. The van der Waals surface area contributed by atoms with Gasteiger partial charge in [0, 0.05) is 17.7 Å². The average Bonchev–Trinajstić information content (AvgIpc) is 3.46. The van der Waals surface area contributed by atoms with Crippen LogP contribution in [-0.4, -0.2) is 39.3 Å². The summed E-state index contributed by atoms with van der Waals surface area (Å²) in [6.07, 6.45) is 1.88. The van der Waals surface area contributed by atoms with E-state index in [2.05, 4.69) is 15.3 Å². The number of alkyl halides is 3. The number of carbonyl (C=O) groups excluding carboxylic acids is 2. The Kier molecular flexibility index (Phi) is 8.19. The fraction of sp³-hybridized carbons (Fsp3) is 0.419. The number of halogens is 3. The lowest BCUT2D eigenvalue weighted by Gasteiger charge is -2.35. The minimum Gasteiger partial charge on any atom is -0.340 e. The summed E-state index contributed by atoms with van der Waals surface area (Å²) >= 11 is 0. The number of hydrogen-bond donors (Lipinski definition) is 1. The minimum atomic E-state index is -4.46. The average molecular weight is 551 g/mol. The third kappa shape index (κ3) is 6.18. The molecule has 2 fully saturated rings. The monoisotopic (exact) mass is 550 g/mol. The quantitative estimate of drug-likeness (QED) is 0.380. The SMILES string of the molecule is Cc1nc(-c2cccc(C(F)(F)F)c2)cc(C2CCCN2C(=O)C(NC(=O)c2ccccc2)C2CCCCC2)n1. The molecule has 2 aromatic carbocycles. The van der Waals surface area contributed by atoms with Crippen LogP contribution in [-0.2, 0) is 11.0 Å². The van der Waals surface area contributed by atoms with Crippen LogP contribution in [0.15, 0.2) is 60.7 Å². The van der Waals surface area contributed by atoms with Gasteiger partial charge in [0.05, 0.1) is 23.0 Å². The topological polar surface area (TPSA) is 75.2 Å². The van der Waals surface area contributed by atoms with Crippen LogP contribution >= 0.6 is 0 Å². The molecule has 1 aliphatic carbocycles. The van der Waals surface area contributed by atoms with Crippen molar-refractivity contribution in [3.63, 3.8) is 0 Å². The lowest BCUT2D eigenvalue weighted by molar-refractivity contribution is -0.137. The van der Waals surface area contributed by atoms with Gasteiger partial charge in [0.15, 0.2) is 0 Å². The van der Waals surface area contributed by atoms with Crippen LogP contribution in [0, 0.1) is 12.8 Å². The fourth-order valence-electron chi connectivity index (χ4n) is 5.94. The maximum absolute atomic E-state index is 14.1. The van der Waals surface area contributed by atoms with Gasteiger partial charge in [-0.1, -0.05) is 49.6 Å². The molecule has 2 aliphatic rings. The predicted octanol–water partition coefficient (Wildman–Crippen LogP) is 6.51. The van der Waals surface area contributed by atoms with E-state index in [-0.39, 0.29) is 23.8 Å². The van der Waals surface area contributed by atoms with E-state index in [4.69, 9.17) is 0 Å². The summed E-state index contributed by atoms with van der Waals surface area (Å²) in [6.45, 7) is 2.22. The summed E-state index contributed by atoms with van der Waals surface area (Å²) < 4.78 is 40.0. The molecule has 6 nitrogen and oxygen atoms in total. The molecule has 40 heavy (non-hydrogen) atoms. The summed E-state index contributed by atoms with van der Waals surface area (Å²) in [5.41, 5.74) is 1.08. The molecule has 9 heteroatoms. The number of aryl methyl sites for hydroxylation is 1. The summed E-state index contributed by atoms with van der Waals surface area (Å²) in [4.78, 5) is 38.1. The van der Waals surface area contributed by atoms with Gasteiger partial charge >= 0.3 is 6.18 Å². The molecule has 1 aliphatic heterocycles. The maximum Gasteiger partial charge on any atom is 0.416 e. The molecule has 2 atom stereocenters. The number of carbonyl (C=O) groups is 2. The van der Waals surface area contributed by atoms with E-state index < -0.39 is 17.8 Å². The predicted molar refractivity (Wildman–Crippen MR) is 145 cm³/mol. The molecule has 1 saturated carbocycles. The van der Waals surface area contributed by atoms with Gasteiger partial charge in [-0.15, -0.1) is 0 Å². The lowest BCUT2D eigenvalue weighted by Crippen LogP contribution is -2.52. The van der Waals surface area contributed by atoms with Crippen molar-refractivity contribution >= 4 is 11.8 Å². The number of likely N-dealkylation sites (tertiary alicyclic amines) is 1. The second-order valence-corrected chi connectivity index (χ2v) is 10.7. The second kappa shape index (κ2) is 11.8. The Bertz CT molecular complexity index is 1360. The Labute approximate surface area is 232 Å². The molecule has 0 spiro atoms. The zero-order valence-electron chi connectivity index (χ0n) is 22.5. The van der Waals surface area contributed by atoms with Crippen LogP contribution < -0.4 is 5.32 Å². The third-order valence-corrected chi connectivity index (χ3v) is 7.93. The number of benzene rings is 2. The van der Waals surface area contributed by atoms with E-state index in [1.165, 1.54) is 6.07 Å². The molecule has 3 aromatic rings. The molecule has 210 valence electrons. The molecular formula is C31H33F3N4O2. The van der Waals surface area contributed by atoms with Crippen molar-refractivity contribution in [2.24, 2.45) is 5.92 Å². The zero-order valence-corrected chi connectivity index (χ0v) is 22.5. The third-order valence-electron chi connectivity index (χ3n) is 7.93. The molecule has 1 saturated heterocycles. The van der Waals surface area contributed by atoms with Crippen LogP contribution in [0.2, 0.25) is 0 Å². The second-order valence-electron chi connectivity index (χ2n) is 10.7. The van der Waals surface area contributed by atoms with Gasteiger partial charge in [0.2, 0.25) is 5.91 Å². The number of nitrogens with zero attached hydrogens (tertiary/aromatic N) is 3. The van der Waals surface area contributed by atoms with Gasteiger partial charge in [-0.25, -0.2) is 9.97 Å². The molecule has 2 amide bonds. The van der Waals surface area contributed by atoms with Crippen LogP contribution in [0.3, 0.4) is 0 Å². The first-order chi connectivity index (χ1) is 19.2. The van der Waals surface area contributed by atoms with Crippen molar-refractivity contribution in [3.8, 4) is 11.3 Å². The highest BCUT2D eigenvalue weighted by molar-refractivity contribution is 5.97. The number of rotatable bonds is 6. The Morgan fingerprint density at radius 2 is 1.68 bits per heavy atom. The van der Waals surface area contributed by atoms with Gasteiger partial charge in [-0.2, -0.15) is 13.2 Å². The fourth-order valence-corrected chi connectivity index (χ4v) is 5.94. The smallest absolute Gasteiger partial charge is 0.340 e. The Morgan fingerprint density at radius 3 is 2.40 bits per heavy atom. The number of nitrogens with one attached hydrogen (secondary N) is 1. The normalized spacial score (nSPS) is 18.9.